The fourth-order valence-corrected chi connectivity index (χ4v) is 2.34. The number of hydrogen-bond acceptors (Lipinski definition) is 3. The summed E-state index contributed by atoms with van der Waals surface area (Å²) in [5.41, 5.74) is -0.911. The standard InChI is InChI=1S/C15H16ClN3O3/c1-3-15(14(21)22,10-4-6-11(16)7-5-10)18-13(20)12-8-19(2)9-17-12/h4-9H,3H2,1-2H3,(H,18,20)(H,21,22). The van der Waals surface area contributed by atoms with E-state index in [1.807, 2.05) is 0 Å². The fourth-order valence-electron chi connectivity index (χ4n) is 2.22. The Morgan fingerprint density at radius 2 is 2.00 bits per heavy atom. The minimum atomic E-state index is -1.53. The first-order valence-electron chi connectivity index (χ1n) is 6.69. The summed E-state index contributed by atoms with van der Waals surface area (Å²) in [6.07, 6.45) is 3.19. The molecule has 0 aliphatic rings. The molecule has 0 bridgehead atoms. The van der Waals surface area contributed by atoms with E-state index in [9.17, 15) is 14.7 Å². The molecule has 1 heterocycles. The Morgan fingerprint density at radius 1 is 1.36 bits per heavy atom. The smallest absolute Gasteiger partial charge is 0.334 e. The summed E-state index contributed by atoms with van der Waals surface area (Å²) in [6, 6.07) is 6.38. The second kappa shape index (κ2) is 6.19. The Kier molecular flexibility index (Phi) is 4.51. The van der Waals surface area contributed by atoms with Crippen molar-refractivity contribution in [1.29, 1.82) is 0 Å². The summed E-state index contributed by atoms with van der Waals surface area (Å²) in [7, 11) is 1.73. The Bertz CT molecular complexity index is 696. The Balaban J connectivity index is 2.39. The minimum Gasteiger partial charge on any atom is -0.479 e. The molecule has 0 saturated carbocycles. The molecule has 1 aromatic carbocycles. The van der Waals surface area contributed by atoms with E-state index in [-0.39, 0.29) is 12.1 Å². The number of benzene rings is 1. The van der Waals surface area contributed by atoms with Crippen molar-refractivity contribution in [3.8, 4) is 0 Å². The second-order valence-corrected chi connectivity index (χ2v) is 5.39. The number of carbonyl (C=O) groups is 2. The predicted octanol–water partition coefficient (Wildman–Crippen LogP) is 2.19. The summed E-state index contributed by atoms with van der Waals surface area (Å²) >= 11 is 5.84. The number of aliphatic carboxylic acids is 1. The molecule has 22 heavy (non-hydrogen) atoms. The van der Waals surface area contributed by atoms with Crippen LogP contribution in [0.4, 0.5) is 0 Å². The summed E-state index contributed by atoms with van der Waals surface area (Å²) < 4.78 is 1.62. The van der Waals surface area contributed by atoms with Gasteiger partial charge in [-0.3, -0.25) is 4.79 Å². The highest BCUT2D eigenvalue weighted by atomic mass is 35.5. The zero-order valence-corrected chi connectivity index (χ0v) is 13.0. The zero-order valence-electron chi connectivity index (χ0n) is 12.2. The fraction of sp³-hybridized carbons (Fsp3) is 0.267. The molecule has 2 rings (SSSR count). The van der Waals surface area contributed by atoms with E-state index in [4.69, 9.17) is 11.6 Å². The zero-order chi connectivity index (χ0) is 16.3. The summed E-state index contributed by atoms with van der Waals surface area (Å²) in [5.74, 6) is -1.68. The molecule has 6 nitrogen and oxygen atoms in total. The van der Waals surface area contributed by atoms with Crippen molar-refractivity contribution in [1.82, 2.24) is 14.9 Å². The number of carboxylic acid groups (broad SMARTS) is 1. The number of carbonyl (C=O) groups excluding carboxylic acids is 1. The molecular weight excluding hydrogens is 306 g/mol. The van der Waals surface area contributed by atoms with Crippen LogP contribution >= 0.6 is 11.6 Å². The number of imidazole rings is 1. The molecule has 0 spiro atoms. The quantitative estimate of drug-likeness (QED) is 0.884. The van der Waals surface area contributed by atoms with Gasteiger partial charge >= 0.3 is 5.97 Å². The number of hydrogen-bond donors (Lipinski definition) is 2. The molecule has 0 saturated heterocycles. The van der Waals surface area contributed by atoms with Gasteiger partial charge in [-0.25, -0.2) is 9.78 Å². The second-order valence-electron chi connectivity index (χ2n) is 4.95. The van der Waals surface area contributed by atoms with Crippen molar-refractivity contribution in [3.63, 3.8) is 0 Å². The number of amides is 1. The summed E-state index contributed by atoms with van der Waals surface area (Å²) in [5, 5.41) is 12.8. The Labute approximate surface area is 132 Å². The first-order valence-corrected chi connectivity index (χ1v) is 7.06. The van der Waals surface area contributed by atoms with Crippen LogP contribution in [0.5, 0.6) is 0 Å². The van der Waals surface area contributed by atoms with Gasteiger partial charge in [-0.1, -0.05) is 30.7 Å². The van der Waals surface area contributed by atoms with Crippen LogP contribution in [-0.2, 0) is 17.4 Å². The van der Waals surface area contributed by atoms with Crippen LogP contribution in [0.25, 0.3) is 0 Å². The van der Waals surface area contributed by atoms with E-state index in [2.05, 4.69) is 10.3 Å². The average Bonchev–Trinajstić information content (AvgIpc) is 2.92. The SMILES string of the molecule is CCC(NC(=O)c1cn(C)cn1)(C(=O)O)c1ccc(Cl)cc1. The van der Waals surface area contributed by atoms with Crippen molar-refractivity contribution in [2.45, 2.75) is 18.9 Å². The molecular formula is C15H16ClN3O3. The van der Waals surface area contributed by atoms with Gasteiger partial charge in [-0.15, -0.1) is 0 Å². The maximum atomic E-state index is 12.3. The third-order valence-electron chi connectivity index (χ3n) is 3.50. The van der Waals surface area contributed by atoms with E-state index >= 15 is 0 Å². The molecule has 0 aliphatic carbocycles. The lowest BCUT2D eigenvalue weighted by Gasteiger charge is -2.29. The van der Waals surface area contributed by atoms with Crippen LogP contribution in [0.1, 0.15) is 29.4 Å². The maximum absolute atomic E-state index is 12.3. The summed E-state index contributed by atoms with van der Waals surface area (Å²) in [4.78, 5) is 28.1. The third kappa shape index (κ3) is 2.96. The number of nitrogens with one attached hydrogen (secondary N) is 1. The highest BCUT2D eigenvalue weighted by Gasteiger charge is 2.40. The molecule has 1 unspecified atom stereocenters. The van der Waals surface area contributed by atoms with E-state index in [1.165, 1.54) is 12.5 Å². The van der Waals surface area contributed by atoms with Gasteiger partial charge in [0.25, 0.3) is 5.91 Å². The normalized spacial score (nSPS) is 13.4. The van der Waals surface area contributed by atoms with Crippen LogP contribution in [0.15, 0.2) is 36.8 Å². The highest BCUT2D eigenvalue weighted by molar-refractivity contribution is 6.30. The molecule has 0 aliphatic heterocycles. The predicted molar refractivity (Wildman–Crippen MR) is 81.7 cm³/mol. The molecule has 2 N–H and O–H groups in total. The Morgan fingerprint density at radius 3 is 2.45 bits per heavy atom. The first kappa shape index (κ1) is 16.0. The lowest BCUT2D eigenvalue weighted by atomic mass is 9.87. The van der Waals surface area contributed by atoms with Crippen molar-refractivity contribution >= 4 is 23.5 Å². The molecule has 1 atom stereocenters. The van der Waals surface area contributed by atoms with Crippen molar-refractivity contribution < 1.29 is 14.7 Å². The van der Waals surface area contributed by atoms with Gasteiger partial charge < -0.3 is 15.0 Å². The number of aryl methyl sites for hydroxylation is 1. The number of aromatic nitrogens is 2. The van der Waals surface area contributed by atoms with Gasteiger partial charge in [0.1, 0.15) is 5.69 Å². The van der Waals surface area contributed by atoms with Crippen LogP contribution in [0.2, 0.25) is 5.02 Å². The van der Waals surface area contributed by atoms with Gasteiger partial charge in [-0.2, -0.15) is 0 Å². The van der Waals surface area contributed by atoms with Gasteiger partial charge in [0.2, 0.25) is 0 Å². The molecule has 7 heteroatoms. The van der Waals surface area contributed by atoms with E-state index in [1.54, 1.807) is 42.8 Å². The van der Waals surface area contributed by atoms with Gasteiger partial charge in [-0.05, 0) is 24.1 Å². The van der Waals surface area contributed by atoms with Crippen LogP contribution in [-0.4, -0.2) is 26.5 Å². The van der Waals surface area contributed by atoms with Crippen LogP contribution in [0, 0.1) is 0 Å². The molecule has 2 aromatic rings. The van der Waals surface area contributed by atoms with Crippen molar-refractivity contribution in [2.24, 2.45) is 7.05 Å². The van der Waals surface area contributed by atoms with E-state index < -0.39 is 17.4 Å². The monoisotopic (exact) mass is 321 g/mol. The first-order chi connectivity index (χ1) is 10.4. The molecule has 0 fully saturated rings. The Hall–Kier alpha value is -2.34. The number of nitrogens with zero attached hydrogens (tertiary/aromatic N) is 2. The van der Waals surface area contributed by atoms with Gasteiger partial charge in [0, 0.05) is 18.3 Å². The minimum absolute atomic E-state index is 0.163. The number of carboxylic acids is 1. The average molecular weight is 322 g/mol. The van der Waals surface area contributed by atoms with Crippen molar-refractivity contribution in [2.75, 3.05) is 0 Å². The van der Waals surface area contributed by atoms with Gasteiger partial charge in [0.15, 0.2) is 5.54 Å². The van der Waals surface area contributed by atoms with Gasteiger partial charge in [0.05, 0.1) is 6.33 Å². The van der Waals surface area contributed by atoms with E-state index in [0.717, 1.165) is 0 Å². The molecule has 1 amide bonds. The lowest BCUT2D eigenvalue weighted by Crippen LogP contribution is -2.51. The number of rotatable bonds is 5. The molecule has 116 valence electrons. The highest BCUT2D eigenvalue weighted by Crippen LogP contribution is 2.27. The number of halogens is 1. The van der Waals surface area contributed by atoms with Crippen molar-refractivity contribution in [3.05, 3.63) is 53.1 Å². The van der Waals surface area contributed by atoms with E-state index in [0.29, 0.717) is 10.6 Å². The van der Waals surface area contributed by atoms with Crippen LogP contribution < -0.4 is 5.32 Å². The van der Waals surface area contributed by atoms with Crippen LogP contribution in [0.3, 0.4) is 0 Å². The third-order valence-corrected chi connectivity index (χ3v) is 3.75. The topological polar surface area (TPSA) is 84.2 Å². The maximum Gasteiger partial charge on any atom is 0.334 e. The summed E-state index contributed by atoms with van der Waals surface area (Å²) in [6.45, 7) is 1.70. The lowest BCUT2D eigenvalue weighted by molar-refractivity contribution is -0.145. The largest absolute Gasteiger partial charge is 0.479 e. The molecule has 0 radical (unpaired) electrons. The molecule has 1 aromatic heterocycles.